The van der Waals surface area contributed by atoms with E-state index in [0.29, 0.717) is 5.52 Å². The quantitative estimate of drug-likeness (QED) is 0.578. The molecule has 0 aliphatic carbocycles. The van der Waals surface area contributed by atoms with Crippen LogP contribution in [0, 0.1) is 0 Å². The van der Waals surface area contributed by atoms with Crippen LogP contribution in [0.3, 0.4) is 0 Å². The fourth-order valence-corrected chi connectivity index (χ4v) is 3.40. The van der Waals surface area contributed by atoms with Crippen molar-refractivity contribution in [3.8, 4) is 17.2 Å². The first-order chi connectivity index (χ1) is 12.6. The third kappa shape index (κ3) is 2.42. The van der Waals surface area contributed by atoms with E-state index in [2.05, 4.69) is 40.9 Å². The van der Waals surface area contributed by atoms with Crippen LogP contribution in [0.5, 0.6) is 0 Å². The molecule has 6 heteroatoms. The highest BCUT2D eigenvalue weighted by molar-refractivity contribution is 5.82. The van der Waals surface area contributed by atoms with Crippen LogP contribution in [-0.4, -0.2) is 19.5 Å². The van der Waals surface area contributed by atoms with Gasteiger partial charge in [-0.2, -0.15) is 4.98 Å². The lowest BCUT2D eigenvalue weighted by Gasteiger charge is -2.21. The highest BCUT2D eigenvalue weighted by atomic mass is 16.2. The fourth-order valence-electron chi connectivity index (χ4n) is 3.40. The molecule has 26 heavy (non-hydrogen) atoms. The number of aromatic nitrogens is 4. The maximum atomic E-state index is 12.4. The second-order valence-electron chi connectivity index (χ2n) is 6.11. The summed E-state index contributed by atoms with van der Waals surface area (Å²) in [6, 6.07) is 13.7. The van der Waals surface area contributed by atoms with Gasteiger partial charge >= 0.3 is 5.69 Å². The Morgan fingerprint density at radius 3 is 2.31 bits per heavy atom. The molecule has 0 aromatic heterocycles. The molecule has 1 N–H and O–H groups in total. The van der Waals surface area contributed by atoms with Gasteiger partial charge in [-0.15, -0.1) is 0 Å². The zero-order valence-electron chi connectivity index (χ0n) is 14.6. The number of fused-ring (bicyclic) bond motifs is 2. The smallest absolute Gasteiger partial charge is 0.290 e. The standard InChI is InChI=1S/C20H18N4O2/c1-3-12-8-7-9-13(4-2)17(12)24-15-11-6-5-10-14(15)21-16-18(24)22-20(26)23-19(16)25/h5-11H,3-4H2,1-2H3,(H,23,25,26). The monoisotopic (exact) mass is 346 g/mol. The molecule has 0 radical (unpaired) electrons. The Bertz CT molecular complexity index is 1180. The number of H-pyrrole nitrogens is 1. The van der Waals surface area contributed by atoms with Crippen molar-refractivity contribution < 1.29 is 0 Å². The van der Waals surface area contributed by atoms with Crippen LogP contribution in [-0.2, 0) is 12.8 Å². The largest absolute Gasteiger partial charge is 0.349 e. The molecule has 0 spiro atoms. The predicted octanol–water partition coefficient (Wildman–Crippen LogP) is 2.70. The first-order valence-corrected chi connectivity index (χ1v) is 8.67. The lowest BCUT2D eigenvalue weighted by Crippen LogP contribution is -2.29. The van der Waals surface area contributed by atoms with E-state index in [-0.39, 0.29) is 11.5 Å². The van der Waals surface area contributed by atoms with Gasteiger partial charge < -0.3 is 0 Å². The van der Waals surface area contributed by atoms with E-state index in [4.69, 9.17) is 0 Å². The van der Waals surface area contributed by atoms with Crippen molar-refractivity contribution in [1.29, 1.82) is 0 Å². The molecule has 0 unspecified atom stereocenters. The summed E-state index contributed by atoms with van der Waals surface area (Å²) in [7, 11) is 0. The zero-order valence-corrected chi connectivity index (χ0v) is 14.6. The number of benzene rings is 2. The highest BCUT2D eigenvalue weighted by Crippen LogP contribution is 2.30. The molecule has 0 atom stereocenters. The van der Waals surface area contributed by atoms with Gasteiger partial charge in [-0.25, -0.2) is 9.78 Å². The minimum absolute atomic E-state index is 0.163. The summed E-state index contributed by atoms with van der Waals surface area (Å²) in [6.45, 7) is 4.17. The number of hydrogen-bond donors (Lipinski definition) is 1. The van der Waals surface area contributed by atoms with Gasteiger partial charge in [0, 0.05) is 0 Å². The lowest BCUT2D eigenvalue weighted by atomic mass is 10.0. The number of aromatic amines is 1. The molecule has 2 aromatic carbocycles. The van der Waals surface area contributed by atoms with E-state index in [0.717, 1.165) is 35.2 Å². The van der Waals surface area contributed by atoms with Crippen molar-refractivity contribution in [2.45, 2.75) is 26.7 Å². The van der Waals surface area contributed by atoms with E-state index in [9.17, 15) is 9.59 Å². The molecular formula is C20H18N4O2. The van der Waals surface area contributed by atoms with Crippen molar-refractivity contribution in [3.63, 3.8) is 0 Å². The number of rotatable bonds is 3. The second-order valence-corrected chi connectivity index (χ2v) is 6.11. The van der Waals surface area contributed by atoms with Crippen molar-refractivity contribution >= 4 is 11.0 Å². The number of nitrogens with one attached hydrogen (secondary N) is 1. The number of hydrogen-bond acceptors (Lipinski definition) is 4. The Kier molecular flexibility index (Phi) is 3.88. The maximum absolute atomic E-state index is 12.4. The molecule has 0 bridgehead atoms. The van der Waals surface area contributed by atoms with Gasteiger partial charge in [0.2, 0.25) is 0 Å². The molecule has 2 heterocycles. The minimum atomic E-state index is -0.666. The maximum Gasteiger partial charge on any atom is 0.349 e. The minimum Gasteiger partial charge on any atom is -0.290 e. The Balaban J connectivity index is 2.29. The van der Waals surface area contributed by atoms with Gasteiger partial charge in [0.05, 0.1) is 16.7 Å². The van der Waals surface area contributed by atoms with Crippen LogP contribution in [0.25, 0.3) is 28.2 Å². The van der Waals surface area contributed by atoms with Crippen LogP contribution < -0.4 is 11.2 Å². The van der Waals surface area contributed by atoms with E-state index in [1.807, 2.05) is 34.9 Å². The van der Waals surface area contributed by atoms with Crippen molar-refractivity contribution in [2.24, 2.45) is 0 Å². The SMILES string of the molecule is CCc1cccc(CC)c1-n1c2nc(=O)[nH]c(=O)c-2nc2ccccc21. The predicted molar refractivity (Wildman–Crippen MR) is 101 cm³/mol. The fraction of sp³-hybridized carbons (Fsp3) is 0.200. The van der Waals surface area contributed by atoms with Gasteiger partial charge in [-0.3, -0.25) is 14.3 Å². The molecule has 0 saturated heterocycles. The lowest BCUT2D eigenvalue weighted by molar-refractivity contribution is 0.911. The van der Waals surface area contributed by atoms with Crippen LogP contribution >= 0.6 is 0 Å². The third-order valence-corrected chi connectivity index (χ3v) is 4.61. The van der Waals surface area contributed by atoms with Gasteiger partial charge in [0.15, 0.2) is 11.5 Å². The first-order valence-electron chi connectivity index (χ1n) is 8.67. The van der Waals surface area contributed by atoms with Gasteiger partial charge in [0.1, 0.15) is 0 Å². The summed E-state index contributed by atoms with van der Waals surface area (Å²) in [5.74, 6) is 0.285. The molecule has 0 amide bonds. The average Bonchev–Trinajstić information content (AvgIpc) is 2.66. The second kappa shape index (κ2) is 6.22. The molecule has 4 rings (SSSR count). The summed E-state index contributed by atoms with van der Waals surface area (Å²) >= 11 is 0. The van der Waals surface area contributed by atoms with Gasteiger partial charge in [0.25, 0.3) is 5.56 Å². The summed E-state index contributed by atoms with van der Waals surface area (Å²) in [6.07, 6.45) is 1.64. The molecule has 0 fully saturated rings. The zero-order chi connectivity index (χ0) is 18.3. The summed E-state index contributed by atoms with van der Waals surface area (Å²) in [5.41, 5.74) is 3.69. The molecule has 130 valence electrons. The van der Waals surface area contributed by atoms with Crippen LogP contribution in [0.15, 0.2) is 52.1 Å². The van der Waals surface area contributed by atoms with Crippen LogP contribution in [0.4, 0.5) is 0 Å². The van der Waals surface area contributed by atoms with Crippen molar-refractivity contribution in [2.75, 3.05) is 0 Å². The molecule has 0 saturated carbocycles. The Morgan fingerprint density at radius 1 is 0.923 bits per heavy atom. The molecular weight excluding hydrogens is 328 g/mol. The van der Waals surface area contributed by atoms with Crippen LogP contribution in [0.2, 0.25) is 0 Å². The summed E-state index contributed by atoms with van der Waals surface area (Å²) in [4.78, 5) is 35.1. The van der Waals surface area contributed by atoms with Gasteiger partial charge in [-0.05, 0) is 36.1 Å². The number of para-hydroxylation sites is 3. The number of aryl methyl sites for hydroxylation is 2. The Labute approximate surface area is 149 Å². The first kappa shape index (κ1) is 16.2. The topological polar surface area (TPSA) is 80.6 Å². The van der Waals surface area contributed by atoms with E-state index in [1.54, 1.807) is 0 Å². The normalized spacial score (nSPS) is 11.3. The molecule has 2 aliphatic heterocycles. The van der Waals surface area contributed by atoms with Crippen LogP contribution in [0.1, 0.15) is 25.0 Å². The summed E-state index contributed by atoms with van der Waals surface area (Å²) < 4.78 is 1.91. The van der Waals surface area contributed by atoms with Crippen molar-refractivity contribution in [3.05, 3.63) is 74.4 Å². The molecule has 2 aromatic rings. The van der Waals surface area contributed by atoms with E-state index < -0.39 is 11.2 Å². The average molecular weight is 346 g/mol. The highest BCUT2D eigenvalue weighted by Gasteiger charge is 2.22. The Morgan fingerprint density at radius 2 is 1.62 bits per heavy atom. The summed E-state index contributed by atoms with van der Waals surface area (Å²) in [5, 5.41) is 0. The van der Waals surface area contributed by atoms with Gasteiger partial charge in [-0.1, -0.05) is 44.2 Å². The van der Waals surface area contributed by atoms with E-state index >= 15 is 0 Å². The Hall–Kier alpha value is -3.28. The number of nitrogens with zero attached hydrogens (tertiary/aromatic N) is 3. The third-order valence-electron chi connectivity index (χ3n) is 4.61. The van der Waals surface area contributed by atoms with E-state index in [1.165, 1.54) is 0 Å². The molecule has 6 nitrogen and oxygen atoms in total. The van der Waals surface area contributed by atoms with Crippen molar-refractivity contribution in [1.82, 2.24) is 19.5 Å². The molecule has 2 aliphatic rings.